The van der Waals surface area contributed by atoms with Crippen molar-refractivity contribution in [2.45, 2.75) is 44.9 Å². The van der Waals surface area contributed by atoms with Gasteiger partial charge in [-0.05, 0) is 44.4 Å². The Bertz CT molecular complexity index is 509. The largest absolute Gasteiger partial charge is 0.389 e. The number of rotatable bonds is 6. The van der Waals surface area contributed by atoms with Gasteiger partial charge in [0.05, 0.1) is 16.9 Å². The van der Waals surface area contributed by atoms with Gasteiger partial charge in [-0.25, -0.2) is 0 Å². The van der Waals surface area contributed by atoms with Crippen molar-refractivity contribution in [3.63, 3.8) is 0 Å². The predicted octanol–water partition coefficient (Wildman–Crippen LogP) is 2.02. The number of nitrogens with zero attached hydrogens (tertiary/aromatic N) is 2. The first-order chi connectivity index (χ1) is 9.39. The van der Waals surface area contributed by atoms with Crippen molar-refractivity contribution in [1.82, 2.24) is 5.32 Å². The monoisotopic (exact) mass is 273 g/mol. The van der Waals surface area contributed by atoms with E-state index >= 15 is 0 Å². The SMILES string of the molecule is CN(CC(C)(C)O)c1ccc(CNC2CC2)cc1C#N. The Balaban J connectivity index is 2.10. The van der Waals surface area contributed by atoms with Crippen LogP contribution in [0.1, 0.15) is 37.8 Å². The third kappa shape index (κ3) is 4.22. The van der Waals surface area contributed by atoms with Crippen LogP contribution in [0, 0.1) is 11.3 Å². The molecule has 0 atom stereocenters. The van der Waals surface area contributed by atoms with Crippen LogP contribution in [0.25, 0.3) is 0 Å². The van der Waals surface area contributed by atoms with Gasteiger partial charge in [-0.3, -0.25) is 0 Å². The molecule has 4 heteroatoms. The average Bonchev–Trinajstić information content (AvgIpc) is 3.17. The lowest BCUT2D eigenvalue weighted by atomic mass is 10.1. The Morgan fingerprint density at radius 3 is 2.70 bits per heavy atom. The highest BCUT2D eigenvalue weighted by molar-refractivity contribution is 5.60. The fourth-order valence-corrected chi connectivity index (χ4v) is 2.33. The number of likely N-dealkylation sites (N-methyl/N-ethyl adjacent to an activating group) is 1. The number of hydrogen-bond donors (Lipinski definition) is 2. The summed E-state index contributed by atoms with van der Waals surface area (Å²) in [6.07, 6.45) is 2.52. The minimum absolute atomic E-state index is 0.487. The molecule has 0 aliphatic heterocycles. The van der Waals surface area contributed by atoms with Crippen molar-refractivity contribution >= 4 is 5.69 Å². The minimum atomic E-state index is -0.784. The fraction of sp³-hybridized carbons (Fsp3) is 0.562. The highest BCUT2D eigenvalue weighted by atomic mass is 16.3. The van der Waals surface area contributed by atoms with Gasteiger partial charge in [-0.1, -0.05) is 6.07 Å². The van der Waals surface area contributed by atoms with Gasteiger partial charge in [-0.2, -0.15) is 5.26 Å². The van der Waals surface area contributed by atoms with Gasteiger partial charge in [0.2, 0.25) is 0 Å². The first-order valence-corrected chi connectivity index (χ1v) is 7.09. The molecule has 0 amide bonds. The van der Waals surface area contributed by atoms with Crippen LogP contribution in [0.2, 0.25) is 0 Å². The number of hydrogen-bond acceptors (Lipinski definition) is 4. The van der Waals surface area contributed by atoms with Crippen LogP contribution < -0.4 is 10.2 Å². The maximum Gasteiger partial charge on any atom is 0.101 e. The van der Waals surface area contributed by atoms with E-state index in [0.717, 1.165) is 17.8 Å². The molecular weight excluding hydrogens is 250 g/mol. The first kappa shape index (κ1) is 14.8. The van der Waals surface area contributed by atoms with Gasteiger partial charge in [-0.15, -0.1) is 0 Å². The molecule has 1 aliphatic rings. The lowest BCUT2D eigenvalue weighted by molar-refractivity contribution is 0.0886. The van der Waals surface area contributed by atoms with E-state index in [-0.39, 0.29) is 0 Å². The van der Waals surface area contributed by atoms with Crippen LogP contribution in [-0.4, -0.2) is 30.3 Å². The molecule has 1 saturated carbocycles. The molecule has 4 nitrogen and oxygen atoms in total. The summed E-state index contributed by atoms with van der Waals surface area (Å²) in [6, 6.07) is 8.87. The number of nitriles is 1. The van der Waals surface area contributed by atoms with Crippen LogP contribution in [-0.2, 0) is 6.54 Å². The third-order valence-corrected chi connectivity index (χ3v) is 3.39. The molecule has 108 valence electrons. The summed E-state index contributed by atoms with van der Waals surface area (Å²) in [4.78, 5) is 1.93. The van der Waals surface area contributed by atoms with E-state index in [1.807, 2.05) is 30.1 Å². The Labute approximate surface area is 121 Å². The Morgan fingerprint density at radius 2 is 2.15 bits per heavy atom. The van der Waals surface area contributed by atoms with E-state index < -0.39 is 5.60 Å². The standard InChI is InChI=1S/C16H23N3O/c1-16(2,20)11-19(3)15-7-4-12(8-13(15)9-17)10-18-14-5-6-14/h4,7-8,14,18,20H,5-6,10-11H2,1-3H3. The second-order valence-electron chi connectivity index (χ2n) is 6.29. The summed E-state index contributed by atoms with van der Waals surface area (Å²) < 4.78 is 0. The summed E-state index contributed by atoms with van der Waals surface area (Å²) in [5, 5.41) is 22.7. The molecule has 0 spiro atoms. The third-order valence-electron chi connectivity index (χ3n) is 3.39. The first-order valence-electron chi connectivity index (χ1n) is 7.09. The van der Waals surface area contributed by atoms with Crippen molar-refractivity contribution in [2.24, 2.45) is 0 Å². The van der Waals surface area contributed by atoms with Gasteiger partial charge in [0, 0.05) is 26.2 Å². The highest BCUT2D eigenvalue weighted by Gasteiger charge is 2.21. The smallest absolute Gasteiger partial charge is 0.101 e. The lowest BCUT2D eigenvalue weighted by Crippen LogP contribution is -2.36. The fourth-order valence-electron chi connectivity index (χ4n) is 2.33. The summed E-state index contributed by atoms with van der Waals surface area (Å²) in [5.74, 6) is 0. The van der Waals surface area contributed by atoms with E-state index in [4.69, 9.17) is 0 Å². The van der Waals surface area contributed by atoms with Gasteiger partial charge < -0.3 is 15.3 Å². The molecule has 2 rings (SSSR count). The van der Waals surface area contributed by atoms with Crippen LogP contribution in [0.3, 0.4) is 0 Å². The molecule has 0 saturated heterocycles. The second kappa shape index (κ2) is 5.82. The Hall–Kier alpha value is -1.57. The average molecular weight is 273 g/mol. The quantitative estimate of drug-likeness (QED) is 0.832. The van der Waals surface area contributed by atoms with Crippen LogP contribution in [0.5, 0.6) is 0 Å². The molecule has 2 N–H and O–H groups in total. The molecule has 0 radical (unpaired) electrons. The van der Waals surface area contributed by atoms with E-state index in [1.54, 1.807) is 13.8 Å². The molecule has 1 fully saturated rings. The minimum Gasteiger partial charge on any atom is -0.389 e. The molecule has 0 bridgehead atoms. The van der Waals surface area contributed by atoms with E-state index in [1.165, 1.54) is 12.8 Å². The number of anilines is 1. The van der Waals surface area contributed by atoms with Crippen molar-refractivity contribution in [2.75, 3.05) is 18.5 Å². The highest BCUT2D eigenvalue weighted by Crippen LogP contribution is 2.23. The normalized spacial score (nSPS) is 14.9. The maximum atomic E-state index is 9.89. The molecule has 1 aliphatic carbocycles. The predicted molar refractivity (Wildman–Crippen MR) is 80.6 cm³/mol. The Morgan fingerprint density at radius 1 is 1.45 bits per heavy atom. The molecule has 1 aromatic rings. The molecule has 0 heterocycles. The van der Waals surface area contributed by atoms with E-state index in [9.17, 15) is 10.4 Å². The number of benzene rings is 1. The zero-order chi connectivity index (χ0) is 14.8. The van der Waals surface area contributed by atoms with Crippen molar-refractivity contribution in [3.8, 4) is 6.07 Å². The topological polar surface area (TPSA) is 59.3 Å². The van der Waals surface area contributed by atoms with Crippen molar-refractivity contribution in [3.05, 3.63) is 29.3 Å². The van der Waals surface area contributed by atoms with E-state index in [0.29, 0.717) is 18.2 Å². The maximum absolute atomic E-state index is 9.89. The zero-order valence-electron chi connectivity index (χ0n) is 12.5. The van der Waals surface area contributed by atoms with Crippen LogP contribution in [0.4, 0.5) is 5.69 Å². The summed E-state index contributed by atoms with van der Waals surface area (Å²) in [7, 11) is 1.90. The molecule has 20 heavy (non-hydrogen) atoms. The number of aliphatic hydroxyl groups is 1. The van der Waals surface area contributed by atoms with Crippen LogP contribution >= 0.6 is 0 Å². The van der Waals surface area contributed by atoms with Crippen LogP contribution in [0.15, 0.2) is 18.2 Å². The second-order valence-corrected chi connectivity index (χ2v) is 6.29. The van der Waals surface area contributed by atoms with Gasteiger partial charge in [0.1, 0.15) is 6.07 Å². The Kier molecular flexibility index (Phi) is 4.32. The molecule has 0 aromatic heterocycles. The summed E-state index contributed by atoms with van der Waals surface area (Å²) >= 11 is 0. The summed E-state index contributed by atoms with van der Waals surface area (Å²) in [6.45, 7) is 4.84. The van der Waals surface area contributed by atoms with Crippen molar-refractivity contribution < 1.29 is 5.11 Å². The molecular formula is C16H23N3O. The van der Waals surface area contributed by atoms with Gasteiger partial charge >= 0.3 is 0 Å². The van der Waals surface area contributed by atoms with E-state index in [2.05, 4.69) is 11.4 Å². The molecule has 0 unspecified atom stereocenters. The summed E-state index contributed by atoms with van der Waals surface area (Å²) in [5.41, 5.74) is 1.87. The lowest BCUT2D eigenvalue weighted by Gasteiger charge is -2.28. The van der Waals surface area contributed by atoms with Gasteiger partial charge in [0.15, 0.2) is 0 Å². The van der Waals surface area contributed by atoms with Gasteiger partial charge in [0.25, 0.3) is 0 Å². The zero-order valence-corrected chi connectivity index (χ0v) is 12.5. The molecule has 1 aromatic carbocycles. The number of nitrogens with one attached hydrogen (secondary N) is 1. The van der Waals surface area contributed by atoms with Crippen molar-refractivity contribution in [1.29, 1.82) is 5.26 Å².